The number of benzene rings is 2. The Bertz CT molecular complexity index is 1140. The maximum absolute atomic E-state index is 5.52. The number of methoxy groups -OCH3 is 1. The normalized spacial score (nSPS) is 13.2. The second-order valence-corrected chi connectivity index (χ2v) is 6.32. The van der Waals surface area contributed by atoms with E-state index in [0.717, 1.165) is 45.2 Å². The van der Waals surface area contributed by atoms with E-state index in [-0.39, 0.29) is 0 Å². The van der Waals surface area contributed by atoms with Crippen LogP contribution in [0.25, 0.3) is 22.0 Å². The zero-order valence-corrected chi connectivity index (χ0v) is 14.3. The Morgan fingerprint density at radius 3 is 2.85 bits per heavy atom. The van der Waals surface area contributed by atoms with E-state index in [4.69, 9.17) is 9.73 Å². The van der Waals surface area contributed by atoms with Crippen molar-refractivity contribution in [3.63, 3.8) is 0 Å². The molecule has 1 aliphatic heterocycles. The zero-order chi connectivity index (χ0) is 17.5. The maximum atomic E-state index is 5.52. The van der Waals surface area contributed by atoms with Crippen molar-refractivity contribution in [2.24, 2.45) is 4.99 Å². The molecule has 0 aliphatic carbocycles. The van der Waals surface area contributed by atoms with Crippen LogP contribution in [0.15, 0.2) is 65.9 Å². The number of para-hydroxylation sites is 1. The highest BCUT2D eigenvalue weighted by molar-refractivity contribution is 6.10. The molecular formula is C21H18N4O. The summed E-state index contributed by atoms with van der Waals surface area (Å²) in [5, 5.41) is 4.64. The van der Waals surface area contributed by atoms with E-state index < -0.39 is 0 Å². The summed E-state index contributed by atoms with van der Waals surface area (Å²) in [6.07, 6.45) is 3.94. The summed E-state index contributed by atoms with van der Waals surface area (Å²) in [7, 11) is 1.69. The lowest BCUT2D eigenvalue weighted by Crippen LogP contribution is -2.18. The maximum Gasteiger partial charge on any atom is 0.130 e. The van der Waals surface area contributed by atoms with Gasteiger partial charge in [0.15, 0.2) is 0 Å². The van der Waals surface area contributed by atoms with Crippen LogP contribution in [0.3, 0.4) is 0 Å². The van der Waals surface area contributed by atoms with Crippen molar-refractivity contribution >= 4 is 28.1 Å². The Morgan fingerprint density at radius 2 is 1.92 bits per heavy atom. The molecule has 0 atom stereocenters. The van der Waals surface area contributed by atoms with Crippen molar-refractivity contribution < 1.29 is 4.74 Å². The molecule has 128 valence electrons. The van der Waals surface area contributed by atoms with Gasteiger partial charge in [-0.05, 0) is 29.8 Å². The van der Waals surface area contributed by atoms with Crippen LogP contribution in [0, 0.1) is 0 Å². The molecular weight excluding hydrogens is 324 g/mol. The van der Waals surface area contributed by atoms with E-state index in [1.165, 1.54) is 5.39 Å². The van der Waals surface area contributed by atoms with Gasteiger partial charge in [0.05, 0.1) is 19.4 Å². The van der Waals surface area contributed by atoms with Gasteiger partial charge in [-0.15, -0.1) is 0 Å². The van der Waals surface area contributed by atoms with Gasteiger partial charge in [0.25, 0.3) is 0 Å². The Balaban J connectivity index is 1.62. The number of anilines is 1. The fraction of sp³-hybridized carbons (Fsp3) is 0.0952. The van der Waals surface area contributed by atoms with Gasteiger partial charge in [-0.2, -0.15) is 0 Å². The van der Waals surface area contributed by atoms with Crippen molar-refractivity contribution in [2.45, 2.75) is 0 Å². The molecule has 3 heterocycles. The summed E-state index contributed by atoms with van der Waals surface area (Å²) in [5.74, 6) is 1.78. The van der Waals surface area contributed by atoms with Crippen LogP contribution in [0.1, 0.15) is 5.56 Å². The van der Waals surface area contributed by atoms with Gasteiger partial charge < -0.3 is 20.0 Å². The average molecular weight is 342 g/mol. The molecule has 5 rings (SSSR count). The van der Waals surface area contributed by atoms with Crippen LogP contribution in [0.2, 0.25) is 0 Å². The largest absolute Gasteiger partial charge is 0.496 e. The monoisotopic (exact) mass is 342 g/mol. The number of aromatic nitrogens is 2. The van der Waals surface area contributed by atoms with Crippen molar-refractivity contribution in [3.05, 3.63) is 66.5 Å². The summed E-state index contributed by atoms with van der Waals surface area (Å²) in [5.41, 5.74) is 6.27. The van der Waals surface area contributed by atoms with Gasteiger partial charge in [-0.25, -0.2) is 4.99 Å². The summed E-state index contributed by atoms with van der Waals surface area (Å²) in [4.78, 5) is 11.5. The number of aliphatic imine (C=N–C) groups is 1. The number of nitrogens with zero attached hydrogens (tertiary/aromatic N) is 1. The molecule has 0 unspecified atom stereocenters. The lowest BCUT2D eigenvalue weighted by molar-refractivity contribution is 0.416. The summed E-state index contributed by atoms with van der Waals surface area (Å²) >= 11 is 0. The standard InChI is InChI=1S/C21H18N4O/c1-26-19-5-3-2-4-15(19)16-11-23-21-20(16)25-18(12-24-21)13-6-7-17-14(10-13)8-9-22-17/h2-11,22-24H,12H2,1H3. The van der Waals surface area contributed by atoms with Crippen LogP contribution in [-0.2, 0) is 0 Å². The molecule has 0 fully saturated rings. The summed E-state index contributed by atoms with van der Waals surface area (Å²) in [6, 6.07) is 16.5. The van der Waals surface area contributed by atoms with E-state index in [2.05, 4.69) is 45.6 Å². The zero-order valence-electron chi connectivity index (χ0n) is 14.3. The molecule has 3 N–H and O–H groups in total. The third-order valence-electron chi connectivity index (χ3n) is 4.82. The van der Waals surface area contributed by atoms with Gasteiger partial charge in [0.2, 0.25) is 0 Å². The Morgan fingerprint density at radius 1 is 1.00 bits per heavy atom. The number of ether oxygens (including phenoxy) is 1. The number of hydrogen-bond donors (Lipinski definition) is 3. The molecule has 5 nitrogen and oxygen atoms in total. The molecule has 0 saturated carbocycles. The van der Waals surface area contributed by atoms with Crippen molar-refractivity contribution in [2.75, 3.05) is 19.0 Å². The van der Waals surface area contributed by atoms with Crippen LogP contribution in [0.5, 0.6) is 5.75 Å². The summed E-state index contributed by atoms with van der Waals surface area (Å²) in [6.45, 7) is 0.689. The van der Waals surface area contributed by atoms with Crippen LogP contribution >= 0.6 is 0 Å². The minimum atomic E-state index is 0.689. The number of rotatable bonds is 3. The molecule has 5 heteroatoms. The predicted octanol–water partition coefficient (Wildman–Crippen LogP) is 4.72. The second-order valence-electron chi connectivity index (χ2n) is 6.32. The van der Waals surface area contributed by atoms with Gasteiger partial charge >= 0.3 is 0 Å². The highest BCUT2D eigenvalue weighted by atomic mass is 16.5. The topological polar surface area (TPSA) is 65.2 Å². The Kier molecular flexibility index (Phi) is 3.31. The molecule has 26 heavy (non-hydrogen) atoms. The molecule has 2 aromatic carbocycles. The third kappa shape index (κ3) is 2.29. The molecule has 2 aromatic heterocycles. The van der Waals surface area contributed by atoms with Crippen LogP contribution < -0.4 is 10.1 Å². The Hall–Kier alpha value is -3.47. The number of hydrogen-bond acceptors (Lipinski definition) is 3. The van der Waals surface area contributed by atoms with E-state index in [9.17, 15) is 0 Å². The fourth-order valence-corrected chi connectivity index (χ4v) is 3.49. The van der Waals surface area contributed by atoms with Crippen LogP contribution in [-0.4, -0.2) is 29.3 Å². The summed E-state index contributed by atoms with van der Waals surface area (Å²) < 4.78 is 5.52. The van der Waals surface area contributed by atoms with Crippen molar-refractivity contribution in [1.29, 1.82) is 0 Å². The molecule has 0 bridgehead atoms. The molecule has 0 saturated heterocycles. The smallest absolute Gasteiger partial charge is 0.130 e. The first kappa shape index (κ1) is 14.8. The first-order chi connectivity index (χ1) is 12.8. The lowest BCUT2D eigenvalue weighted by Gasteiger charge is -2.16. The van der Waals surface area contributed by atoms with E-state index in [1.807, 2.05) is 30.6 Å². The third-order valence-corrected chi connectivity index (χ3v) is 4.82. The molecule has 4 aromatic rings. The van der Waals surface area contributed by atoms with Crippen molar-refractivity contribution in [1.82, 2.24) is 9.97 Å². The molecule has 0 spiro atoms. The lowest BCUT2D eigenvalue weighted by atomic mass is 10.0. The SMILES string of the molecule is COc1ccccc1-c1c[nH]c2c1N=C(c1ccc3[nH]ccc3c1)CN2. The van der Waals surface area contributed by atoms with E-state index >= 15 is 0 Å². The van der Waals surface area contributed by atoms with Crippen molar-refractivity contribution in [3.8, 4) is 16.9 Å². The highest BCUT2D eigenvalue weighted by Gasteiger charge is 2.20. The van der Waals surface area contributed by atoms with Crippen LogP contribution in [0.4, 0.5) is 11.5 Å². The Labute approximate surface area is 150 Å². The van der Waals surface area contributed by atoms with Gasteiger partial charge in [0, 0.05) is 34.4 Å². The van der Waals surface area contributed by atoms with Gasteiger partial charge in [0.1, 0.15) is 17.3 Å². The van der Waals surface area contributed by atoms with E-state index in [1.54, 1.807) is 7.11 Å². The second kappa shape index (κ2) is 5.81. The average Bonchev–Trinajstić information content (AvgIpc) is 3.33. The molecule has 0 radical (unpaired) electrons. The number of nitrogens with one attached hydrogen (secondary N) is 3. The highest BCUT2D eigenvalue weighted by Crippen LogP contribution is 2.42. The van der Waals surface area contributed by atoms with Gasteiger partial charge in [-0.3, -0.25) is 0 Å². The number of H-pyrrole nitrogens is 2. The minimum Gasteiger partial charge on any atom is -0.496 e. The predicted molar refractivity (Wildman–Crippen MR) is 106 cm³/mol. The minimum absolute atomic E-state index is 0.689. The fourth-order valence-electron chi connectivity index (χ4n) is 3.49. The molecule has 1 aliphatic rings. The van der Waals surface area contributed by atoms with E-state index in [0.29, 0.717) is 6.54 Å². The first-order valence-electron chi connectivity index (χ1n) is 8.57. The number of fused-ring (bicyclic) bond motifs is 2. The quantitative estimate of drug-likeness (QED) is 0.504. The number of aromatic amines is 2. The first-order valence-corrected chi connectivity index (χ1v) is 8.57. The molecule has 0 amide bonds. The van der Waals surface area contributed by atoms with Gasteiger partial charge in [-0.1, -0.05) is 24.3 Å².